The smallest absolute Gasteiger partial charge is 0.0673 e. The van der Waals surface area contributed by atoms with Gasteiger partial charge in [-0.1, -0.05) is 32.9 Å². The molecule has 0 saturated heterocycles. The maximum absolute atomic E-state index is 4.63. The first kappa shape index (κ1) is 9.45. The van der Waals surface area contributed by atoms with Crippen molar-refractivity contribution in [3.8, 4) is 0 Å². The van der Waals surface area contributed by atoms with Crippen LogP contribution in [0.25, 0.3) is 0 Å². The van der Waals surface area contributed by atoms with Crippen molar-refractivity contribution in [3.63, 3.8) is 0 Å². The quantitative estimate of drug-likeness (QED) is 0.636. The number of aliphatic imine (C=N–C) groups is 1. The summed E-state index contributed by atoms with van der Waals surface area (Å²) in [6.45, 7) is 8.85. The third-order valence-corrected chi connectivity index (χ3v) is 3.33. The first-order chi connectivity index (χ1) is 6.57. The Morgan fingerprint density at radius 2 is 2.00 bits per heavy atom. The fourth-order valence-corrected chi connectivity index (χ4v) is 2.20. The van der Waals surface area contributed by atoms with Crippen molar-refractivity contribution >= 4 is 11.4 Å². The van der Waals surface area contributed by atoms with Crippen LogP contribution >= 0.6 is 0 Å². The lowest BCUT2D eigenvalue weighted by atomic mass is 9.79. The van der Waals surface area contributed by atoms with E-state index in [4.69, 9.17) is 0 Å². The molecule has 0 bridgehead atoms. The number of fused-ring (bicyclic) bond motifs is 1. The highest BCUT2D eigenvalue weighted by molar-refractivity contribution is 6.00. The van der Waals surface area contributed by atoms with Gasteiger partial charge in [0.1, 0.15) is 0 Å². The van der Waals surface area contributed by atoms with Crippen molar-refractivity contribution in [1.29, 1.82) is 0 Å². The van der Waals surface area contributed by atoms with E-state index in [0.717, 1.165) is 6.42 Å². The fourth-order valence-electron chi connectivity index (χ4n) is 2.20. The van der Waals surface area contributed by atoms with E-state index >= 15 is 0 Å². The summed E-state index contributed by atoms with van der Waals surface area (Å²) in [6, 6.07) is 6.44. The largest absolute Gasteiger partial charge is 0.257 e. The lowest BCUT2D eigenvalue weighted by molar-refractivity contribution is 0.722. The van der Waals surface area contributed by atoms with E-state index in [1.54, 1.807) is 0 Å². The van der Waals surface area contributed by atoms with Crippen LogP contribution in [-0.4, -0.2) is 5.71 Å². The zero-order valence-corrected chi connectivity index (χ0v) is 9.39. The molecular formula is C13H17N. The van der Waals surface area contributed by atoms with Crippen LogP contribution in [0, 0.1) is 0 Å². The summed E-state index contributed by atoms with van der Waals surface area (Å²) in [5, 5.41) is 0. The van der Waals surface area contributed by atoms with Crippen LogP contribution in [0.2, 0.25) is 0 Å². The number of nitrogens with zero attached hydrogens (tertiary/aromatic N) is 1. The van der Waals surface area contributed by atoms with E-state index in [0.29, 0.717) is 0 Å². The van der Waals surface area contributed by atoms with Crippen LogP contribution in [0.4, 0.5) is 5.69 Å². The summed E-state index contributed by atoms with van der Waals surface area (Å²) >= 11 is 0. The maximum Gasteiger partial charge on any atom is 0.0673 e. The zero-order chi connectivity index (χ0) is 10.3. The van der Waals surface area contributed by atoms with E-state index in [1.165, 1.54) is 22.5 Å². The molecule has 0 amide bonds. The number of aryl methyl sites for hydroxylation is 1. The Bertz CT molecular complexity index is 400. The van der Waals surface area contributed by atoms with E-state index in [-0.39, 0.29) is 5.41 Å². The van der Waals surface area contributed by atoms with Gasteiger partial charge in [-0.3, -0.25) is 4.99 Å². The molecule has 2 rings (SSSR count). The fraction of sp³-hybridized carbons (Fsp3) is 0.462. The van der Waals surface area contributed by atoms with Gasteiger partial charge in [0.2, 0.25) is 0 Å². The third-order valence-electron chi connectivity index (χ3n) is 3.33. The van der Waals surface area contributed by atoms with Crippen LogP contribution in [0.15, 0.2) is 23.2 Å². The molecule has 0 aliphatic carbocycles. The highest BCUT2D eigenvalue weighted by Crippen LogP contribution is 2.41. The molecule has 0 fully saturated rings. The molecule has 1 heteroatoms. The van der Waals surface area contributed by atoms with Crippen molar-refractivity contribution in [2.75, 3.05) is 0 Å². The molecule has 1 nitrogen and oxygen atoms in total. The van der Waals surface area contributed by atoms with E-state index in [1.807, 2.05) is 0 Å². The second-order valence-electron chi connectivity index (χ2n) is 4.49. The zero-order valence-electron chi connectivity index (χ0n) is 9.39. The molecule has 0 saturated carbocycles. The van der Waals surface area contributed by atoms with Gasteiger partial charge in [-0.25, -0.2) is 0 Å². The minimum Gasteiger partial charge on any atom is -0.257 e. The van der Waals surface area contributed by atoms with Gasteiger partial charge >= 0.3 is 0 Å². The lowest BCUT2D eigenvalue weighted by Gasteiger charge is -2.22. The minimum atomic E-state index is 0.127. The predicted octanol–water partition coefficient (Wildman–Crippen LogP) is 3.63. The number of hydrogen-bond donors (Lipinski definition) is 0. The van der Waals surface area contributed by atoms with Gasteiger partial charge in [-0.05, 0) is 30.5 Å². The SMILES string of the molecule is CCc1cccc2c1C(C)(C)C(C)=N2. The molecular weight excluding hydrogens is 170 g/mol. The summed E-state index contributed by atoms with van der Waals surface area (Å²) in [5.74, 6) is 0. The normalized spacial score (nSPS) is 17.9. The second-order valence-corrected chi connectivity index (χ2v) is 4.49. The van der Waals surface area contributed by atoms with Gasteiger partial charge in [0.05, 0.1) is 5.69 Å². The second kappa shape index (κ2) is 2.94. The predicted molar refractivity (Wildman–Crippen MR) is 61.6 cm³/mol. The Hall–Kier alpha value is -1.11. The molecule has 0 spiro atoms. The molecule has 0 unspecified atom stereocenters. The average Bonchev–Trinajstić information content (AvgIpc) is 2.38. The number of rotatable bonds is 1. The summed E-state index contributed by atoms with van der Waals surface area (Å²) < 4.78 is 0. The Morgan fingerprint density at radius 3 is 2.64 bits per heavy atom. The van der Waals surface area contributed by atoms with E-state index in [2.05, 4.69) is 50.9 Å². The molecule has 1 aromatic carbocycles. The molecule has 1 aliphatic heterocycles. The molecule has 0 aromatic heterocycles. The third kappa shape index (κ3) is 1.12. The Balaban J connectivity index is 2.67. The van der Waals surface area contributed by atoms with Crippen LogP contribution in [0.5, 0.6) is 0 Å². The van der Waals surface area contributed by atoms with Crippen molar-refractivity contribution in [2.24, 2.45) is 4.99 Å². The van der Waals surface area contributed by atoms with E-state index < -0.39 is 0 Å². The van der Waals surface area contributed by atoms with Crippen LogP contribution in [-0.2, 0) is 11.8 Å². The highest BCUT2D eigenvalue weighted by Gasteiger charge is 2.33. The van der Waals surface area contributed by atoms with Crippen molar-refractivity contribution in [1.82, 2.24) is 0 Å². The molecule has 0 N–H and O–H groups in total. The Kier molecular flexibility index (Phi) is 1.99. The first-order valence-electron chi connectivity index (χ1n) is 5.25. The molecule has 1 aromatic rings. The first-order valence-corrected chi connectivity index (χ1v) is 5.25. The van der Waals surface area contributed by atoms with E-state index in [9.17, 15) is 0 Å². The van der Waals surface area contributed by atoms with Crippen LogP contribution in [0.1, 0.15) is 38.8 Å². The number of benzene rings is 1. The molecule has 74 valence electrons. The summed E-state index contributed by atoms with van der Waals surface area (Å²) in [7, 11) is 0. The topological polar surface area (TPSA) is 12.4 Å². The van der Waals surface area contributed by atoms with Gasteiger partial charge in [0.25, 0.3) is 0 Å². The Morgan fingerprint density at radius 1 is 1.29 bits per heavy atom. The highest BCUT2D eigenvalue weighted by atomic mass is 14.8. The summed E-state index contributed by atoms with van der Waals surface area (Å²) in [5.41, 5.74) is 5.40. The molecule has 1 heterocycles. The lowest BCUT2D eigenvalue weighted by Crippen LogP contribution is -2.24. The standard InChI is InChI=1S/C13H17N/c1-5-10-7-6-8-11-12(10)13(3,4)9(2)14-11/h6-8H,5H2,1-4H3. The molecule has 14 heavy (non-hydrogen) atoms. The average molecular weight is 187 g/mol. The van der Waals surface area contributed by atoms with Crippen molar-refractivity contribution in [2.45, 2.75) is 39.5 Å². The van der Waals surface area contributed by atoms with Gasteiger partial charge in [0.15, 0.2) is 0 Å². The van der Waals surface area contributed by atoms with Gasteiger partial charge in [0, 0.05) is 11.1 Å². The summed E-state index contributed by atoms with van der Waals surface area (Å²) in [4.78, 5) is 4.63. The van der Waals surface area contributed by atoms with Gasteiger partial charge < -0.3 is 0 Å². The molecule has 0 atom stereocenters. The van der Waals surface area contributed by atoms with Crippen molar-refractivity contribution < 1.29 is 0 Å². The van der Waals surface area contributed by atoms with Crippen LogP contribution < -0.4 is 0 Å². The monoisotopic (exact) mass is 187 g/mol. The van der Waals surface area contributed by atoms with Gasteiger partial charge in [-0.15, -0.1) is 0 Å². The van der Waals surface area contributed by atoms with Crippen LogP contribution in [0.3, 0.4) is 0 Å². The maximum atomic E-state index is 4.63. The van der Waals surface area contributed by atoms with Gasteiger partial charge in [-0.2, -0.15) is 0 Å². The Labute approximate surface area is 85.9 Å². The minimum absolute atomic E-state index is 0.127. The molecule has 1 aliphatic rings. The van der Waals surface area contributed by atoms with Crippen molar-refractivity contribution in [3.05, 3.63) is 29.3 Å². The summed E-state index contributed by atoms with van der Waals surface area (Å²) in [6.07, 6.45) is 1.09. The number of hydrogen-bond acceptors (Lipinski definition) is 1. The molecule has 0 radical (unpaired) electrons.